The fourth-order valence-corrected chi connectivity index (χ4v) is 3.68. The zero-order chi connectivity index (χ0) is 22.8. The van der Waals surface area contributed by atoms with Gasteiger partial charge in [0, 0.05) is 26.2 Å². The van der Waals surface area contributed by atoms with E-state index in [2.05, 4.69) is 10.3 Å². The highest BCUT2D eigenvalue weighted by Crippen LogP contribution is 2.19. The molecule has 9 heteroatoms. The summed E-state index contributed by atoms with van der Waals surface area (Å²) in [4.78, 5) is 29.0. The van der Waals surface area contributed by atoms with E-state index in [1.165, 1.54) is 0 Å². The van der Waals surface area contributed by atoms with E-state index in [0.29, 0.717) is 49.1 Å². The standard InChI is InChI=1S/C23H27N5O4/c1-15(2)31-19-8-6-18(7-9-19)28-17(4)21(24-25-28)23(30)27-13-11-26(12-14-27)22(29)20-10-5-16(3)32-20/h5-10,15H,11-14H2,1-4H3. The van der Waals surface area contributed by atoms with Crippen molar-refractivity contribution in [1.29, 1.82) is 0 Å². The summed E-state index contributed by atoms with van der Waals surface area (Å²) in [5, 5.41) is 8.32. The van der Waals surface area contributed by atoms with E-state index in [1.807, 2.05) is 45.0 Å². The van der Waals surface area contributed by atoms with Gasteiger partial charge in [0.2, 0.25) is 0 Å². The Bertz CT molecular complexity index is 1110. The number of aromatic nitrogens is 3. The fourth-order valence-electron chi connectivity index (χ4n) is 3.68. The number of nitrogens with zero attached hydrogens (tertiary/aromatic N) is 5. The maximum Gasteiger partial charge on any atom is 0.289 e. The minimum Gasteiger partial charge on any atom is -0.491 e. The first-order valence-corrected chi connectivity index (χ1v) is 10.7. The molecule has 1 aliphatic heterocycles. The van der Waals surface area contributed by atoms with Gasteiger partial charge in [-0.3, -0.25) is 9.59 Å². The quantitative estimate of drug-likeness (QED) is 0.609. The van der Waals surface area contributed by atoms with Crippen LogP contribution in [0.3, 0.4) is 0 Å². The van der Waals surface area contributed by atoms with Gasteiger partial charge in [-0.2, -0.15) is 0 Å². The van der Waals surface area contributed by atoms with Crippen molar-refractivity contribution in [3.05, 3.63) is 59.3 Å². The molecular formula is C23H27N5O4. The van der Waals surface area contributed by atoms with Crippen molar-refractivity contribution < 1.29 is 18.7 Å². The molecule has 0 aliphatic carbocycles. The van der Waals surface area contributed by atoms with Crippen LogP contribution in [0.5, 0.6) is 5.75 Å². The maximum absolute atomic E-state index is 13.1. The molecule has 4 rings (SSSR count). The number of aryl methyl sites for hydroxylation is 1. The lowest BCUT2D eigenvalue weighted by Gasteiger charge is -2.34. The lowest BCUT2D eigenvalue weighted by molar-refractivity contribution is 0.0514. The third-order valence-electron chi connectivity index (χ3n) is 5.36. The summed E-state index contributed by atoms with van der Waals surface area (Å²) in [6.45, 7) is 9.31. The third kappa shape index (κ3) is 4.37. The molecule has 1 aromatic carbocycles. The largest absolute Gasteiger partial charge is 0.491 e. The van der Waals surface area contributed by atoms with E-state index in [4.69, 9.17) is 9.15 Å². The average Bonchev–Trinajstić information content (AvgIpc) is 3.39. The highest BCUT2D eigenvalue weighted by molar-refractivity contribution is 5.94. The second kappa shape index (κ2) is 8.86. The highest BCUT2D eigenvalue weighted by Gasteiger charge is 2.29. The molecular weight excluding hydrogens is 410 g/mol. The number of amides is 2. The van der Waals surface area contributed by atoms with E-state index in [-0.39, 0.29) is 17.9 Å². The first-order valence-electron chi connectivity index (χ1n) is 10.7. The molecule has 3 heterocycles. The molecule has 0 radical (unpaired) electrons. The lowest BCUT2D eigenvalue weighted by atomic mass is 10.2. The molecule has 0 unspecified atom stereocenters. The predicted octanol–water partition coefficient (Wildman–Crippen LogP) is 2.86. The smallest absolute Gasteiger partial charge is 0.289 e. The van der Waals surface area contributed by atoms with Crippen molar-refractivity contribution in [3.63, 3.8) is 0 Å². The maximum atomic E-state index is 13.1. The van der Waals surface area contributed by atoms with Crippen molar-refractivity contribution in [1.82, 2.24) is 24.8 Å². The molecule has 9 nitrogen and oxygen atoms in total. The Kier molecular flexibility index (Phi) is 5.98. The van der Waals surface area contributed by atoms with Gasteiger partial charge in [-0.05, 0) is 64.1 Å². The number of rotatable bonds is 5. The number of hydrogen-bond donors (Lipinski definition) is 0. The van der Waals surface area contributed by atoms with Crippen LogP contribution in [0.1, 0.15) is 46.3 Å². The van der Waals surface area contributed by atoms with Crippen LogP contribution in [0.4, 0.5) is 0 Å². The van der Waals surface area contributed by atoms with Gasteiger partial charge in [0.05, 0.1) is 17.5 Å². The molecule has 1 saturated heterocycles. The first kappa shape index (κ1) is 21.6. The van der Waals surface area contributed by atoms with Crippen LogP contribution in [-0.2, 0) is 0 Å². The minimum atomic E-state index is -0.186. The van der Waals surface area contributed by atoms with Crippen molar-refractivity contribution in [2.75, 3.05) is 26.2 Å². The Morgan fingerprint density at radius 1 is 0.938 bits per heavy atom. The topological polar surface area (TPSA) is 93.7 Å². The normalized spacial score (nSPS) is 14.2. The van der Waals surface area contributed by atoms with Gasteiger partial charge in [-0.25, -0.2) is 4.68 Å². The number of hydrogen-bond acceptors (Lipinski definition) is 6. The zero-order valence-electron chi connectivity index (χ0n) is 18.7. The Labute approximate surface area is 186 Å². The number of benzene rings is 1. The van der Waals surface area contributed by atoms with Crippen molar-refractivity contribution >= 4 is 11.8 Å². The van der Waals surface area contributed by atoms with E-state index < -0.39 is 0 Å². The summed E-state index contributed by atoms with van der Waals surface area (Å²) in [6, 6.07) is 11.0. The average molecular weight is 438 g/mol. The molecule has 168 valence electrons. The number of carbonyl (C=O) groups excluding carboxylic acids is 2. The van der Waals surface area contributed by atoms with Crippen LogP contribution < -0.4 is 4.74 Å². The second-order valence-electron chi connectivity index (χ2n) is 8.09. The summed E-state index contributed by atoms with van der Waals surface area (Å²) in [5.74, 6) is 1.45. The molecule has 2 amide bonds. The second-order valence-corrected chi connectivity index (χ2v) is 8.09. The van der Waals surface area contributed by atoms with Crippen LogP contribution in [0.25, 0.3) is 5.69 Å². The molecule has 3 aromatic rings. The van der Waals surface area contributed by atoms with Crippen LogP contribution in [-0.4, -0.2) is 68.9 Å². The Hall–Kier alpha value is -3.62. The minimum absolute atomic E-state index is 0.0946. The molecule has 0 bridgehead atoms. The third-order valence-corrected chi connectivity index (χ3v) is 5.36. The monoisotopic (exact) mass is 437 g/mol. The number of piperazine rings is 1. The first-order chi connectivity index (χ1) is 15.3. The van der Waals surface area contributed by atoms with Crippen molar-refractivity contribution in [3.8, 4) is 11.4 Å². The van der Waals surface area contributed by atoms with Crippen LogP contribution in [0.2, 0.25) is 0 Å². The number of furan rings is 1. The molecule has 2 aromatic heterocycles. The highest BCUT2D eigenvalue weighted by atomic mass is 16.5. The summed E-state index contributed by atoms with van der Waals surface area (Å²) in [7, 11) is 0. The van der Waals surface area contributed by atoms with Gasteiger partial charge in [0.15, 0.2) is 11.5 Å². The molecule has 0 N–H and O–H groups in total. The molecule has 32 heavy (non-hydrogen) atoms. The van der Waals surface area contributed by atoms with E-state index in [0.717, 1.165) is 11.4 Å². The van der Waals surface area contributed by atoms with Gasteiger partial charge in [-0.15, -0.1) is 5.10 Å². The number of ether oxygens (including phenoxy) is 1. The summed E-state index contributed by atoms with van der Waals surface area (Å²) >= 11 is 0. The molecule has 1 fully saturated rings. The Balaban J connectivity index is 1.41. The molecule has 0 saturated carbocycles. The van der Waals surface area contributed by atoms with E-state index in [1.54, 1.807) is 33.5 Å². The van der Waals surface area contributed by atoms with Crippen molar-refractivity contribution in [2.24, 2.45) is 0 Å². The Morgan fingerprint density at radius 2 is 1.56 bits per heavy atom. The molecule has 1 aliphatic rings. The van der Waals surface area contributed by atoms with Crippen molar-refractivity contribution in [2.45, 2.75) is 33.8 Å². The predicted molar refractivity (Wildman–Crippen MR) is 117 cm³/mol. The van der Waals surface area contributed by atoms with Crippen LogP contribution in [0, 0.1) is 13.8 Å². The Morgan fingerprint density at radius 3 is 2.12 bits per heavy atom. The van der Waals surface area contributed by atoms with Gasteiger partial charge < -0.3 is 19.0 Å². The van der Waals surface area contributed by atoms with E-state index in [9.17, 15) is 9.59 Å². The fraction of sp³-hybridized carbons (Fsp3) is 0.391. The SMILES string of the molecule is Cc1ccc(C(=O)N2CCN(C(=O)c3nnn(-c4ccc(OC(C)C)cc4)c3C)CC2)o1. The van der Waals surface area contributed by atoms with Gasteiger partial charge >= 0.3 is 0 Å². The van der Waals surface area contributed by atoms with Gasteiger partial charge in [0.25, 0.3) is 11.8 Å². The van der Waals surface area contributed by atoms with Crippen LogP contribution in [0.15, 0.2) is 40.8 Å². The van der Waals surface area contributed by atoms with Gasteiger partial charge in [0.1, 0.15) is 11.5 Å². The number of carbonyl (C=O) groups is 2. The summed E-state index contributed by atoms with van der Waals surface area (Å²) in [5.41, 5.74) is 1.78. The zero-order valence-corrected chi connectivity index (χ0v) is 18.7. The molecule has 0 spiro atoms. The van der Waals surface area contributed by atoms with E-state index >= 15 is 0 Å². The summed E-state index contributed by atoms with van der Waals surface area (Å²) < 4.78 is 12.7. The van der Waals surface area contributed by atoms with Gasteiger partial charge in [-0.1, -0.05) is 5.21 Å². The molecule has 0 atom stereocenters. The summed E-state index contributed by atoms with van der Waals surface area (Å²) in [6.07, 6.45) is 0.0946. The van der Waals surface area contributed by atoms with Crippen LogP contribution >= 0.6 is 0 Å². The lowest BCUT2D eigenvalue weighted by Crippen LogP contribution is -2.50.